The van der Waals surface area contributed by atoms with Crippen LogP contribution in [0.25, 0.3) is 0 Å². The predicted octanol–water partition coefficient (Wildman–Crippen LogP) is 2.67. The van der Waals surface area contributed by atoms with Crippen LogP contribution in [0.15, 0.2) is 16.6 Å². The van der Waals surface area contributed by atoms with E-state index in [1.165, 1.54) is 12.5 Å². The minimum absolute atomic E-state index is 0.0104. The molecule has 0 bridgehead atoms. The molecule has 4 heteroatoms. The Morgan fingerprint density at radius 1 is 1.27 bits per heavy atom. The van der Waals surface area contributed by atoms with E-state index < -0.39 is 0 Å². The number of benzene rings is 1. The van der Waals surface area contributed by atoms with E-state index in [9.17, 15) is 10.2 Å². The van der Waals surface area contributed by atoms with Crippen LogP contribution in [0.1, 0.15) is 30.9 Å². The molecule has 1 heterocycles. The van der Waals surface area contributed by atoms with Gasteiger partial charge < -0.3 is 15.5 Å². The summed E-state index contributed by atoms with van der Waals surface area (Å²) in [6.07, 6.45) is 3.32. The Labute approximate surface area is 97.3 Å². The van der Waals surface area contributed by atoms with Gasteiger partial charge in [0.05, 0.1) is 0 Å². The zero-order valence-corrected chi connectivity index (χ0v) is 9.92. The molecule has 82 valence electrons. The summed E-state index contributed by atoms with van der Waals surface area (Å²) in [5.74, 6) is -0.0654. The quantitative estimate of drug-likeness (QED) is 0.689. The summed E-state index contributed by atoms with van der Waals surface area (Å²) in [5.41, 5.74) is 0.773. The lowest BCUT2D eigenvalue weighted by atomic mass is 9.96. The summed E-state index contributed by atoms with van der Waals surface area (Å²) in [4.78, 5) is 0. The van der Waals surface area contributed by atoms with Crippen LogP contribution in [0.4, 0.5) is 0 Å². The number of hydrogen-bond donors (Lipinski definition) is 3. The third-order valence-corrected chi connectivity index (χ3v) is 3.49. The SMILES string of the molecule is Oc1ccc(Br)c(C2CCCCN2)c1O. The minimum atomic E-state index is -0.0550. The van der Waals surface area contributed by atoms with E-state index in [-0.39, 0.29) is 17.5 Å². The molecule has 0 spiro atoms. The number of aromatic hydroxyl groups is 2. The molecule has 1 fully saturated rings. The van der Waals surface area contributed by atoms with Crippen molar-refractivity contribution in [3.05, 3.63) is 22.2 Å². The summed E-state index contributed by atoms with van der Waals surface area (Å²) in [6.45, 7) is 0.964. The Morgan fingerprint density at radius 3 is 2.73 bits per heavy atom. The number of piperidine rings is 1. The van der Waals surface area contributed by atoms with Crippen molar-refractivity contribution in [1.82, 2.24) is 5.32 Å². The molecule has 15 heavy (non-hydrogen) atoms. The highest BCUT2D eigenvalue weighted by Crippen LogP contribution is 2.40. The standard InChI is InChI=1S/C11H14BrNO2/c12-7-4-5-9(14)11(15)10(7)8-3-1-2-6-13-8/h4-5,8,13-15H,1-3,6H2. The van der Waals surface area contributed by atoms with Crippen molar-refractivity contribution in [3.8, 4) is 11.5 Å². The Kier molecular flexibility index (Phi) is 3.17. The Balaban J connectivity index is 2.36. The Bertz CT molecular complexity index is 362. The first-order valence-corrected chi connectivity index (χ1v) is 5.93. The van der Waals surface area contributed by atoms with Gasteiger partial charge in [0.15, 0.2) is 11.5 Å². The van der Waals surface area contributed by atoms with E-state index in [2.05, 4.69) is 21.2 Å². The fraction of sp³-hybridized carbons (Fsp3) is 0.455. The van der Waals surface area contributed by atoms with Gasteiger partial charge in [-0.3, -0.25) is 0 Å². The molecule has 1 aliphatic rings. The monoisotopic (exact) mass is 271 g/mol. The molecule has 0 radical (unpaired) electrons. The van der Waals surface area contributed by atoms with Crippen LogP contribution in [0.2, 0.25) is 0 Å². The average molecular weight is 272 g/mol. The van der Waals surface area contributed by atoms with Crippen LogP contribution >= 0.6 is 15.9 Å². The zero-order chi connectivity index (χ0) is 10.8. The van der Waals surface area contributed by atoms with Gasteiger partial charge in [-0.1, -0.05) is 22.4 Å². The first kappa shape index (κ1) is 10.8. The molecule has 0 saturated carbocycles. The van der Waals surface area contributed by atoms with Gasteiger partial charge in [0.1, 0.15) is 0 Å². The maximum Gasteiger partial charge on any atom is 0.163 e. The van der Waals surface area contributed by atoms with Gasteiger partial charge in [-0.05, 0) is 31.5 Å². The highest BCUT2D eigenvalue weighted by molar-refractivity contribution is 9.10. The molecule has 1 atom stereocenters. The summed E-state index contributed by atoms with van der Waals surface area (Å²) >= 11 is 3.41. The van der Waals surface area contributed by atoms with Gasteiger partial charge >= 0.3 is 0 Å². The van der Waals surface area contributed by atoms with Crippen molar-refractivity contribution in [3.63, 3.8) is 0 Å². The first-order chi connectivity index (χ1) is 7.20. The van der Waals surface area contributed by atoms with Crippen molar-refractivity contribution in [1.29, 1.82) is 0 Å². The lowest BCUT2D eigenvalue weighted by Crippen LogP contribution is -2.27. The number of phenolic OH excluding ortho intramolecular Hbond substituents is 2. The number of halogens is 1. The van der Waals surface area contributed by atoms with Crippen molar-refractivity contribution >= 4 is 15.9 Å². The predicted molar refractivity (Wildman–Crippen MR) is 62.1 cm³/mol. The lowest BCUT2D eigenvalue weighted by molar-refractivity contribution is 0.368. The van der Waals surface area contributed by atoms with Crippen molar-refractivity contribution in [2.45, 2.75) is 25.3 Å². The van der Waals surface area contributed by atoms with E-state index in [0.29, 0.717) is 0 Å². The zero-order valence-electron chi connectivity index (χ0n) is 8.33. The topological polar surface area (TPSA) is 52.5 Å². The summed E-state index contributed by atoms with van der Waals surface area (Å²) in [6, 6.07) is 3.40. The maximum atomic E-state index is 9.81. The van der Waals surface area contributed by atoms with Crippen LogP contribution in [0.3, 0.4) is 0 Å². The van der Waals surface area contributed by atoms with E-state index in [1.807, 2.05) is 0 Å². The molecule has 2 rings (SSSR count). The molecule has 1 saturated heterocycles. The molecular formula is C11H14BrNO2. The smallest absolute Gasteiger partial charge is 0.163 e. The fourth-order valence-corrected chi connectivity index (χ4v) is 2.60. The van der Waals surface area contributed by atoms with Crippen LogP contribution in [-0.4, -0.2) is 16.8 Å². The Hall–Kier alpha value is -0.740. The molecule has 1 unspecified atom stereocenters. The van der Waals surface area contributed by atoms with Gasteiger partial charge in [-0.2, -0.15) is 0 Å². The maximum absolute atomic E-state index is 9.81. The normalized spacial score (nSPS) is 21.5. The summed E-state index contributed by atoms with van der Waals surface area (Å²) in [5, 5.41) is 22.6. The van der Waals surface area contributed by atoms with E-state index >= 15 is 0 Å². The second-order valence-electron chi connectivity index (χ2n) is 3.83. The third-order valence-electron chi connectivity index (χ3n) is 2.80. The molecule has 1 aliphatic heterocycles. The molecular weight excluding hydrogens is 258 g/mol. The van der Waals surface area contributed by atoms with Gasteiger partial charge in [-0.25, -0.2) is 0 Å². The number of nitrogens with one attached hydrogen (secondary N) is 1. The molecule has 1 aromatic rings. The number of hydrogen-bond acceptors (Lipinski definition) is 3. The number of rotatable bonds is 1. The van der Waals surface area contributed by atoms with Crippen LogP contribution in [-0.2, 0) is 0 Å². The average Bonchev–Trinajstić information content (AvgIpc) is 2.26. The van der Waals surface area contributed by atoms with Crippen molar-refractivity contribution < 1.29 is 10.2 Å². The molecule has 0 aliphatic carbocycles. The molecule has 0 aromatic heterocycles. The van der Waals surface area contributed by atoms with Crippen LogP contribution < -0.4 is 5.32 Å². The van der Waals surface area contributed by atoms with E-state index in [4.69, 9.17) is 0 Å². The van der Waals surface area contributed by atoms with E-state index in [1.54, 1.807) is 6.07 Å². The van der Waals surface area contributed by atoms with Gasteiger partial charge in [0.2, 0.25) is 0 Å². The van der Waals surface area contributed by atoms with E-state index in [0.717, 1.165) is 29.4 Å². The van der Waals surface area contributed by atoms with Crippen molar-refractivity contribution in [2.75, 3.05) is 6.54 Å². The van der Waals surface area contributed by atoms with Crippen LogP contribution in [0.5, 0.6) is 11.5 Å². The lowest BCUT2D eigenvalue weighted by Gasteiger charge is -2.25. The molecule has 3 nitrogen and oxygen atoms in total. The molecule has 0 amide bonds. The largest absolute Gasteiger partial charge is 0.504 e. The highest BCUT2D eigenvalue weighted by Gasteiger charge is 2.22. The molecule has 1 aromatic carbocycles. The summed E-state index contributed by atoms with van der Waals surface area (Å²) < 4.78 is 0.845. The van der Waals surface area contributed by atoms with Gasteiger partial charge in [0.25, 0.3) is 0 Å². The Morgan fingerprint density at radius 2 is 2.07 bits per heavy atom. The fourth-order valence-electron chi connectivity index (χ4n) is 2.00. The summed E-state index contributed by atoms with van der Waals surface area (Å²) in [7, 11) is 0. The second-order valence-corrected chi connectivity index (χ2v) is 4.69. The second kappa shape index (κ2) is 4.41. The van der Waals surface area contributed by atoms with Crippen molar-refractivity contribution in [2.24, 2.45) is 0 Å². The third kappa shape index (κ3) is 2.11. The van der Waals surface area contributed by atoms with Crippen LogP contribution in [0, 0.1) is 0 Å². The molecule has 3 N–H and O–H groups in total. The number of phenols is 2. The highest BCUT2D eigenvalue weighted by atomic mass is 79.9. The minimum Gasteiger partial charge on any atom is -0.504 e. The van der Waals surface area contributed by atoms with Gasteiger partial charge in [-0.15, -0.1) is 0 Å². The first-order valence-electron chi connectivity index (χ1n) is 5.14. The van der Waals surface area contributed by atoms with Gasteiger partial charge in [0, 0.05) is 16.1 Å².